The van der Waals surface area contributed by atoms with Crippen LogP contribution >= 0.6 is 11.8 Å². The molecule has 7 heteroatoms. The maximum Gasteiger partial charge on any atom is 0.277 e. The van der Waals surface area contributed by atoms with Gasteiger partial charge in [0.15, 0.2) is 5.58 Å². The second-order valence-corrected chi connectivity index (χ2v) is 4.46. The summed E-state index contributed by atoms with van der Waals surface area (Å²) >= 11 is 1.37. The fourth-order valence-electron chi connectivity index (χ4n) is 1.48. The summed E-state index contributed by atoms with van der Waals surface area (Å²) in [5.74, 6) is 1.60. The molecule has 6 nitrogen and oxygen atoms in total. The Hall–Kier alpha value is -1.86. The third-order valence-electron chi connectivity index (χ3n) is 2.28. The molecule has 3 rings (SSSR count). The highest BCUT2D eigenvalue weighted by molar-refractivity contribution is 7.98. The molecule has 18 heavy (non-hydrogen) atoms. The van der Waals surface area contributed by atoms with E-state index >= 15 is 0 Å². The number of nitrogens with two attached hydrogens (primary N) is 1. The summed E-state index contributed by atoms with van der Waals surface area (Å²) in [6, 6.07) is 7.63. The van der Waals surface area contributed by atoms with E-state index in [0.29, 0.717) is 22.8 Å². The number of rotatable bonds is 4. The Bertz CT molecular complexity index is 631. The fourth-order valence-corrected chi connectivity index (χ4v) is 2.11. The molecule has 0 amide bonds. The normalized spacial score (nSPS) is 11.2. The smallest absolute Gasteiger partial charge is 0.277 e. The van der Waals surface area contributed by atoms with Crippen LogP contribution in [0.15, 0.2) is 38.3 Å². The van der Waals surface area contributed by atoms with Gasteiger partial charge in [-0.2, -0.15) is 0 Å². The van der Waals surface area contributed by atoms with E-state index in [2.05, 4.69) is 15.2 Å². The highest BCUT2D eigenvalue weighted by Crippen LogP contribution is 2.23. The molecule has 0 radical (unpaired) electrons. The molecule has 0 atom stereocenters. The molecule has 0 saturated heterocycles. The predicted octanol–water partition coefficient (Wildman–Crippen LogP) is 1.96. The number of para-hydroxylation sites is 2. The lowest BCUT2D eigenvalue weighted by Crippen LogP contribution is -1.95. The molecule has 0 fully saturated rings. The van der Waals surface area contributed by atoms with Gasteiger partial charge in [-0.15, -0.1) is 10.2 Å². The van der Waals surface area contributed by atoms with E-state index in [9.17, 15) is 0 Å². The van der Waals surface area contributed by atoms with E-state index in [-0.39, 0.29) is 6.54 Å². The van der Waals surface area contributed by atoms with E-state index in [1.807, 2.05) is 24.3 Å². The summed E-state index contributed by atoms with van der Waals surface area (Å²) in [5.41, 5.74) is 7.01. The molecule has 0 spiro atoms. The lowest BCUT2D eigenvalue weighted by Gasteiger charge is -1.90. The largest absolute Gasteiger partial charge is 0.440 e. The van der Waals surface area contributed by atoms with Gasteiger partial charge in [0.2, 0.25) is 11.8 Å². The average Bonchev–Trinajstić information content (AvgIpc) is 3.02. The van der Waals surface area contributed by atoms with E-state index < -0.39 is 0 Å². The summed E-state index contributed by atoms with van der Waals surface area (Å²) in [6.45, 7) is 0.246. The molecule has 2 aromatic heterocycles. The first-order valence-corrected chi connectivity index (χ1v) is 6.33. The lowest BCUT2D eigenvalue weighted by atomic mass is 10.3. The van der Waals surface area contributed by atoms with Gasteiger partial charge in [0, 0.05) is 0 Å². The molecule has 0 unspecified atom stereocenters. The zero-order chi connectivity index (χ0) is 12.4. The van der Waals surface area contributed by atoms with E-state index in [0.717, 1.165) is 11.1 Å². The van der Waals surface area contributed by atoms with Crippen LogP contribution in [0.1, 0.15) is 11.8 Å². The second-order valence-electron chi connectivity index (χ2n) is 3.53. The van der Waals surface area contributed by atoms with Crippen LogP contribution in [-0.2, 0) is 12.3 Å². The molecule has 0 aliphatic heterocycles. The molecule has 0 aliphatic carbocycles. The fraction of sp³-hybridized carbons (Fsp3) is 0.182. The van der Waals surface area contributed by atoms with Crippen molar-refractivity contribution in [3.05, 3.63) is 36.0 Å². The summed E-state index contributed by atoms with van der Waals surface area (Å²) in [7, 11) is 0. The molecule has 3 aromatic rings. The van der Waals surface area contributed by atoms with Crippen molar-refractivity contribution >= 4 is 22.9 Å². The van der Waals surface area contributed by atoms with Gasteiger partial charge in [-0.3, -0.25) is 0 Å². The van der Waals surface area contributed by atoms with Crippen LogP contribution in [0.2, 0.25) is 0 Å². The second kappa shape index (κ2) is 4.79. The zero-order valence-electron chi connectivity index (χ0n) is 9.37. The van der Waals surface area contributed by atoms with Gasteiger partial charge in [-0.1, -0.05) is 23.9 Å². The maximum atomic E-state index is 5.58. The average molecular weight is 262 g/mol. The highest BCUT2D eigenvalue weighted by Gasteiger charge is 2.09. The number of hydrogen-bond acceptors (Lipinski definition) is 7. The van der Waals surface area contributed by atoms with Crippen molar-refractivity contribution in [3.63, 3.8) is 0 Å². The number of thioether (sulfide) groups is 1. The monoisotopic (exact) mass is 262 g/mol. The molecule has 2 heterocycles. The van der Waals surface area contributed by atoms with Crippen LogP contribution < -0.4 is 5.73 Å². The van der Waals surface area contributed by atoms with Crippen LogP contribution in [0.3, 0.4) is 0 Å². The van der Waals surface area contributed by atoms with Crippen LogP contribution in [-0.4, -0.2) is 15.2 Å². The minimum Gasteiger partial charge on any atom is -0.440 e. The number of nitrogens with zero attached hydrogens (tertiary/aromatic N) is 3. The van der Waals surface area contributed by atoms with Crippen molar-refractivity contribution < 1.29 is 8.83 Å². The van der Waals surface area contributed by atoms with E-state index in [4.69, 9.17) is 14.6 Å². The Morgan fingerprint density at radius 2 is 2.00 bits per heavy atom. The number of aromatic nitrogens is 3. The third-order valence-corrected chi connectivity index (χ3v) is 3.08. The first kappa shape index (κ1) is 11.2. The predicted molar refractivity (Wildman–Crippen MR) is 65.8 cm³/mol. The van der Waals surface area contributed by atoms with Crippen LogP contribution in [0.4, 0.5) is 0 Å². The molecule has 0 bridgehead atoms. The van der Waals surface area contributed by atoms with Crippen molar-refractivity contribution in [2.45, 2.75) is 17.5 Å². The van der Waals surface area contributed by atoms with Crippen LogP contribution in [0, 0.1) is 0 Å². The number of oxazole rings is 1. The SMILES string of the molecule is NCc1nnc(SCc2nc3ccccc3o2)o1. The van der Waals surface area contributed by atoms with Gasteiger partial charge < -0.3 is 14.6 Å². The Balaban J connectivity index is 1.72. The van der Waals surface area contributed by atoms with Gasteiger partial charge in [-0.05, 0) is 12.1 Å². The van der Waals surface area contributed by atoms with Gasteiger partial charge in [-0.25, -0.2) is 4.98 Å². The number of fused-ring (bicyclic) bond motifs is 1. The molecule has 0 saturated carbocycles. The van der Waals surface area contributed by atoms with Crippen molar-refractivity contribution in [2.75, 3.05) is 0 Å². The van der Waals surface area contributed by atoms with Gasteiger partial charge in [0.05, 0.1) is 12.3 Å². The highest BCUT2D eigenvalue weighted by atomic mass is 32.2. The Labute approximate surface area is 107 Å². The van der Waals surface area contributed by atoms with Crippen molar-refractivity contribution in [2.24, 2.45) is 5.73 Å². The zero-order valence-corrected chi connectivity index (χ0v) is 10.2. The van der Waals surface area contributed by atoms with E-state index in [1.54, 1.807) is 0 Å². The topological polar surface area (TPSA) is 91.0 Å². The van der Waals surface area contributed by atoms with Gasteiger partial charge in [0.1, 0.15) is 5.52 Å². The molecule has 92 valence electrons. The summed E-state index contributed by atoms with van der Waals surface area (Å²) in [6.07, 6.45) is 0. The Morgan fingerprint density at radius 3 is 2.78 bits per heavy atom. The third kappa shape index (κ3) is 2.22. The summed E-state index contributed by atoms with van der Waals surface area (Å²) < 4.78 is 10.9. The quantitative estimate of drug-likeness (QED) is 0.718. The van der Waals surface area contributed by atoms with Crippen LogP contribution in [0.5, 0.6) is 0 Å². The molecular formula is C11H10N4O2S. The van der Waals surface area contributed by atoms with Gasteiger partial charge in [0.25, 0.3) is 5.22 Å². The summed E-state index contributed by atoms with van der Waals surface area (Å²) in [4.78, 5) is 4.35. The first-order chi connectivity index (χ1) is 8.85. The van der Waals surface area contributed by atoms with E-state index in [1.165, 1.54) is 11.8 Å². The van der Waals surface area contributed by atoms with Crippen molar-refractivity contribution in [1.29, 1.82) is 0 Å². The van der Waals surface area contributed by atoms with Crippen LogP contribution in [0.25, 0.3) is 11.1 Å². The standard InChI is InChI=1S/C11H10N4O2S/c12-5-9-14-15-11(17-9)18-6-10-13-7-3-1-2-4-8(7)16-10/h1-4H,5-6,12H2. The minimum absolute atomic E-state index is 0.246. The molecule has 2 N–H and O–H groups in total. The molecular weight excluding hydrogens is 252 g/mol. The number of benzene rings is 1. The Kier molecular flexibility index (Phi) is 2.99. The minimum atomic E-state index is 0.246. The Morgan fingerprint density at radius 1 is 1.11 bits per heavy atom. The van der Waals surface area contributed by atoms with Gasteiger partial charge >= 0.3 is 0 Å². The maximum absolute atomic E-state index is 5.58. The lowest BCUT2D eigenvalue weighted by molar-refractivity contribution is 0.414. The molecule has 0 aliphatic rings. The summed E-state index contributed by atoms with van der Waals surface area (Å²) in [5, 5.41) is 8.10. The number of hydrogen-bond donors (Lipinski definition) is 1. The first-order valence-electron chi connectivity index (χ1n) is 5.35. The van der Waals surface area contributed by atoms with Crippen molar-refractivity contribution in [3.8, 4) is 0 Å². The molecule has 1 aromatic carbocycles. The van der Waals surface area contributed by atoms with Crippen molar-refractivity contribution in [1.82, 2.24) is 15.2 Å².